The predicted octanol–water partition coefficient (Wildman–Crippen LogP) is 3.86. The van der Waals surface area contributed by atoms with E-state index in [0.717, 1.165) is 35.4 Å². The normalized spacial score (nSPS) is 22.8. The average molecular weight is 296 g/mol. The van der Waals surface area contributed by atoms with Crippen molar-refractivity contribution in [1.29, 1.82) is 0 Å². The van der Waals surface area contributed by atoms with Gasteiger partial charge in [-0.25, -0.2) is 4.98 Å². The van der Waals surface area contributed by atoms with Crippen molar-refractivity contribution in [3.63, 3.8) is 0 Å². The number of pyridine rings is 1. The first-order valence-corrected chi connectivity index (χ1v) is 8.07. The zero-order valence-electron chi connectivity index (χ0n) is 12.8. The first-order chi connectivity index (χ1) is 9.61. The second-order valence-electron chi connectivity index (χ2n) is 5.97. The minimum Gasteiger partial charge on any atom is -0.355 e. The molecule has 0 aromatic carbocycles. The van der Waals surface area contributed by atoms with Crippen LogP contribution >= 0.6 is 11.6 Å². The summed E-state index contributed by atoms with van der Waals surface area (Å²) in [5.74, 6) is 1.73. The lowest BCUT2D eigenvalue weighted by atomic mass is 9.86. The second-order valence-corrected chi connectivity index (χ2v) is 6.37. The molecule has 1 heterocycles. The van der Waals surface area contributed by atoms with Crippen molar-refractivity contribution in [3.05, 3.63) is 22.8 Å². The smallest absolute Gasteiger partial charge is 0.147 e. The number of nitrogens with one attached hydrogen (secondary N) is 1. The minimum atomic E-state index is 0.573. The Hall–Kier alpha value is -0.800. The fourth-order valence-corrected chi connectivity index (χ4v) is 3.34. The lowest BCUT2D eigenvalue weighted by Crippen LogP contribution is -2.36. The topological polar surface area (TPSA) is 28.2 Å². The first-order valence-electron chi connectivity index (χ1n) is 7.69. The summed E-state index contributed by atoms with van der Waals surface area (Å²) in [5, 5.41) is 4.06. The highest BCUT2D eigenvalue weighted by Gasteiger charge is 2.24. The van der Waals surface area contributed by atoms with Crippen LogP contribution in [0, 0.1) is 5.92 Å². The van der Waals surface area contributed by atoms with Gasteiger partial charge in [-0.1, -0.05) is 38.3 Å². The van der Waals surface area contributed by atoms with E-state index in [1.165, 1.54) is 25.7 Å². The van der Waals surface area contributed by atoms with Crippen molar-refractivity contribution in [1.82, 2.24) is 10.3 Å². The van der Waals surface area contributed by atoms with E-state index in [-0.39, 0.29) is 0 Å². The zero-order chi connectivity index (χ0) is 14.5. The van der Waals surface area contributed by atoms with Gasteiger partial charge in [0.1, 0.15) is 5.82 Å². The molecule has 2 atom stereocenters. The summed E-state index contributed by atoms with van der Waals surface area (Å²) in [6, 6.07) is 2.61. The number of anilines is 1. The van der Waals surface area contributed by atoms with Gasteiger partial charge in [0.25, 0.3) is 0 Å². The molecule has 0 bridgehead atoms. The molecule has 2 unspecified atom stereocenters. The van der Waals surface area contributed by atoms with Crippen LogP contribution in [0.1, 0.15) is 45.1 Å². The van der Waals surface area contributed by atoms with Gasteiger partial charge in [0.15, 0.2) is 0 Å². The SMILES string of the molecule is CCNCc1cnc(N(C)C2CCCC(C)C2)c(Cl)c1. The summed E-state index contributed by atoms with van der Waals surface area (Å²) in [6.07, 6.45) is 7.09. The highest BCUT2D eigenvalue weighted by atomic mass is 35.5. The van der Waals surface area contributed by atoms with Crippen LogP contribution in [0.4, 0.5) is 5.82 Å². The van der Waals surface area contributed by atoms with Crippen LogP contribution in [-0.2, 0) is 6.54 Å². The minimum absolute atomic E-state index is 0.573. The van der Waals surface area contributed by atoms with Crippen LogP contribution < -0.4 is 10.2 Å². The molecule has 2 rings (SSSR count). The molecule has 0 spiro atoms. The van der Waals surface area contributed by atoms with Gasteiger partial charge in [0.2, 0.25) is 0 Å². The van der Waals surface area contributed by atoms with E-state index in [1.54, 1.807) is 0 Å². The van der Waals surface area contributed by atoms with Gasteiger partial charge in [-0.05, 0) is 36.9 Å². The third-order valence-corrected chi connectivity index (χ3v) is 4.53. The van der Waals surface area contributed by atoms with Crippen LogP contribution in [0.15, 0.2) is 12.3 Å². The van der Waals surface area contributed by atoms with Crippen molar-refractivity contribution in [2.75, 3.05) is 18.5 Å². The summed E-state index contributed by atoms with van der Waals surface area (Å²) in [4.78, 5) is 6.86. The van der Waals surface area contributed by atoms with E-state index in [0.29, 0.717) is 6.04 Å². The fourth-order valence-electron chi connectivity index (χ4n) is 3.02. The summed E-state index contributed by atoms with van der Waals surface area (Å²) < 4.78 is 0. The monoisotopic (exact) mass is 295 g/mol. The number of nitrogens with zero attached hydrogens (tertiary/aromatic N) is 2. The fraction of sp³-hybridized carbons (Fsp3) is 0.688. The van der Waals surface area contributed by atoms with E-state index in [4.69, 9.17) is 11.6 Å². The lowest BCUT2D eigenvalue weighted by molar-refractivity contribution is 0.335. The molecule has 1 saturated carbocycles. The van der Waals surface area contributed by atoms with Crippen molar-refractivity contribution >= 4 is 17.4 Å². The molecule has 112 valence electrons. The maximum absolute atomic E-state index is 6.43. The van der Waals surface area contributed by atoms with Crippen molar-refractivity contribution in [2.45, 2.75) is 52.1 Å². The maximum Gasteiger partial charge on any atom is 0.147 e. The molecule has 1 aliphatic rings. The van der Waals surface area contributed by atoms with Crippen molar-refractivity contribution < 1.29 is 0 Å². The zero-order valence-corrected chi connectivity index (χ0v) is 13.6. The van der Waals surface area contributed by atoms with E-state index < -0.39 is 0 Å². The Morgan fingerprint density at radius 1 is 1.45 bits per heavy atom. The van der Waals surface area contributed by atoms with Crippen LogP contribution in [0.2, 0.25) is 5.02 Å². The Labute approximate surface area is 127 Å². The van der Waals surface area contributed by atoms with Gasteiger partial charge in [-0.3, -0.25) is 0 Å². The van der Waals surface area contributed by atoms with E-state index in [1.807, 2.05) is 12.3 Å². The van der Waals surface area contributed by atoms with E-state index in [2.05, 4.69) is 36.1 Å². The molecule has 0 radical (unpaired) electrons. The van der Waals surface area contributed by atoms with Crippen LogP contribution in [0.25, 0.3) is 0 Å². The molecule has 20 heavy (non-hydrogen) atoms. The molecule has 0 saturated heterocycles. The van der Waals surface area contributed by atoms with Crippen molar-refractivity contribution in [2.24, 2.45) is 5.92 Å². The third-order valence-electron chi connectivity index (χ3n) is 4.25. The molecule has 3 nitrogen and oxygen atoms in total. The highest BCUT2D eigenvalue weighted by molar-refractivity contribution is 6.33. The Bertz CT molecular complexity index is 436. The highest BCUT2D eigenvalue weighted by Crippen LogP contribution is 2.32. The lowest BCUT2D eigenvalue weighted by Gasteiger charge is -2.35. The van der Waals surface area contributed by atoms with E-state index in [9.17, 15) is 0 Å². The second kappa shape index (κ2) is 7.28. The molecule has 0 aliphatic heterocycles. The molecule has 0 amide bonds. The van der Waals surface area contributed by atoms with Gasteiger partial charge in [-0.2, -0.15) is 0 Å². The molecular formula is C16H26ClN3. The number of rotatable bonds is 5. The first kappa shape index (κ1) is 15.6. The molecule has 1 aliphatic carbocycles. The van der Waals surface area contributed by atoms with Gasteiger partial charge in [-0.15, -0.1) is 0 Å². The molecule has 1 aromatic rings. The number of hydrogen-bond acceptors (Lipinski definition) is 3. The molecule has 4 heteroatoms. The Morgan fingerprint density at radius 3 is 2.90 bits per heavy atom. The largest absolute Gasteiger partial charge is 0.355 e. The summed E-state index contributed by atoms with van der Waals surface area (Å²) in [7, 11) is 2.13. The molecule has 1 N–H and O–H groups in total. The van der Waals surface area contributed by atoms with Gasteiger partial charge in [0, 0.05) is 25.8 Å². The maximum atomic E-state index is 6.43. The van der Waals surface area contributed by atoms with Gasteiger partial charge < -0.3 is 10.2 Å². The summed E-state index contributed by atoms with van der Waals surface area (Å²) in [6.45, 7) is 6.23. The predicted molar refractivity (Wildman–Crippen MR) is 86.5 cm³/mol. The van der Waals surface area contributed by atoms with E-state index >= 15 is 0 Å². The molecular weight excluding hydrogens is 270 g/mol. The van der Waals surface area contributed by atoms with Crippen LogP contribution in [0.5, 0.6) is 0 Å². The summed E-state index contributed by atoms with van der Waals surface area (Å²) in [5.41, 5.74) is 1.14. The Kier molecular flexibility index (Phi) is 5.67. The average Bonchev–Trinajstić information content (AvgIpc) is 2.44. The Balaban J connectivity index is 2.07. The number of halogens is 1. The third kappa shape index (κ3) is 3.86. The standard InChI is InChI=1S/C16H26ClN3/c1-4-18-10-13-9-15(17)16(19-11-13)20(3)14-7-5-6-12(2)8-14/h9,11-12,14,18H,4-8,10H2,1-3H3. The van der Waals surface area contributed by atoms with Crippen LogP contribution in [0.3, 0.4) is 0 Å². The number of hydrogen-bond donors (Lipinski definition) is 1. The van der Waals surface area contributed by atoms with Crippen LogP contribution in [-0.4, -0.2) is 24.6 Å². The van der Waals surface area contributed by atoms with Gasteiger partial charge in [0.05, 0.1) is 5.02 Å². The quantitative estimate of drug-likeness (QED) is 0.894. The summed E-state index contributed by atoms with van der Waals surface area (Å²) >= 11 is 6.43. The number of aromatic nitrogens is 1. The molecule has 1 fully saturated rings. The molecule has 1 aromatic heterocycles. The Morgan fingerprint density at radius 2 is 2.25 bits per heavy atom. The van der Waals surface area contributed by atoms with Gasteiger partial charge >= 0.3 is 0 Å². The van der Waals surface area contributed by atoms with Crippen molar-refractivity contribution in [3.8, 4) is 0 Å².